The average Bonchev–Trinajstić information content (AvgIpc) is 2.16. The summed E-state index contributed by atoms with van der Waals surface area (Å²) in [6.07, 6.45) is 0.406. The van der Waals surface area contributed by atoms with Crippen molar-refractivity contribution in [1.29, 1.82) is 0 Å². The summed E-state index contributed by atoms with van der Waals surface area (Å²) in [5, 5.41) is 11.1. The van der Waals surface area contributed by atoms with E-state index in [4.69, 9.17) is 9.84 Å². The van der Waals surface area contributed by atoms with Crippen molar-refractivity contribution in [3.05, 3.63) is 12.2 Å². The number of nitrogens with one attached hydrogen (secondary N) is 1. The van der Waals surface area contributed by atoms with Crippen LogP contribution in [0.2, 0.25) is 0 Å². The predicted octanol–water partition coefficient (Wildman–Crippen LogP) is 1.54. The molecule has 0 spiro atoms. The fraction of sp³-hybridized carbons (Fsp3) is 0.600. The highest BCUT2D eigenvalue weighted by atomic mass is 16.6. The lowest BCUT2D eigenvalue weighted by Gasteiger charge is -2.13. The number of carboxylic acids is 1. The fourth-order valence-corrected chi connectivity index (χ4v) is 0.814. The molecule has 1 amide bonds. The molecule has 15 heavy (non-hydrogen) atoms. The van der Waals surface area contributed by atoms with Gasteiger partial charge < -0.3 is 15.2 Å². The third kappa shape index (κ3) is 5.72. The summed E-state index contributed by atoms with van der Waals surface area (Å²) in [7, 11) is 0. The molecule has 0 aromatic carbocycles. The highest BCUT2D eigenvalue weighted by molar-refractivity contribution is 5.87. The van der Waals surface area contributed by atoms with Crippen molar-refractivity contribution >= 4 is 12.1 Å². The zero-order chi connectivity index (χ0) is 11.8. The van der Waals surface area contributed by atoms with Crippen molar-refractivity contribution in [2.24, 2.45) is 0 Å². The first-order valence-electron chi connectivity index (χ1n) is 4.85. The van der Waals surface area contributed by atoms with E-state index in [1.54, 1.807) is 0 Å². The Bertz CT molecular complexity index is 250. The number of hydrogen-bond donors (Lipinski definition) is 2. The number of alkyl carbamates (subject to hydrolysis) is 1. The van der Waals surface area contributed by atoms with Gasteiger partial charge in [0.2, 0.25) is 0 Å². The molecule has 0 fully saturated rings. The first-order chi connectivity index (χ1) is 6.99. The van der Waals surface area contributed by atoms with E-state index in [1.165, 1.54) is 6.92 Å². The maximum atomic E-state index is 11.1. The Hall–Kier alpha value is -1.52. The molecule has 1 unspecified atom stereocenters. The minimum absolute atomic E-state index is 0.138. The van der Waals surface area contributed by atoms with Gasteiger partial charge in [-0.1, -0.05) is 19.9 Å². The maximum Gasteiger partial charge on any atom is 0.407 e. The van der Waals surface area contributed by atoms with E-state index in [2.05, 4.69) is 11.9 Å². The molecule has 0 radical (unpaired) electrons. The van der Waals surface area contributed by atoms with Gasteiger partial charge in [-0.2, -0.15) is 0 Å². The van der Waals surface area contributed by atoms with E-state index < -0.39 is 18.2 Å². The number of rotatable bonds is 6. The zero-order valence-electron chi connectivity index (χ0n) is 9.08. The van der Waals surface area contributed by atoms with E-state index in [1.807, 2.05) is 6.92 Å². The molecule has 5 nitrogen and oxygen atoms in total. The molecule has 0 aliphatic heterocycles. The number of carbonyl (C=O) groups excluding carboxylic acids is 1. The molecule has 0 saturated carbocycles. The van der Waals surface area contributed by atoms with Crippen LogP contribution in [0.4, 0.5) is 4.79 Å². The van der Waals surface area contributed by atoms with Crippen LogP contribution >= 0.6 is 0 Å². The van der Waals surface area contributed by atoms with E-state index in [9.17, 15) is 9.59 Å². The minimum atomic E-state index is -1.16. The number of unbranched alkanes of at least 4 members (excludes halogenated alkanes) is 1. The van der Waals surface area contributed by atoms with Crippen LogP contribution in [0.25, 0.3) is 0 Å². The van der Waals surface area contributed by atoms with E-state index in [0.29, 0.717) is 6.54 Å². The number of hydrogen-bond acceptors (Lipinski definition) is 3. The quantitative estimate of drug-likeness (QED) is 0.520. The van der Waals surface area contributed by atoms with E-state index in [0.717, 1.165) is 12.8 Å². The summed E-state index contributed by atoms with van der Waals surface area (Å²) in [4.78, 5) is 21.6. The maximum absolute atomic E-state index is 11.1. The van der Waals surface area contributed by atoms with Crippen molar-refractivity contribution in [2.75, 3.05) is 6.54 Å². The fourth-order valence-electron chi connectivity index (χ4n) is 0.814. The highest BCUT2D eigenvalue weighted by Gasteiger charge is 2.17. The van der Waals surface area contributed by atoms with Gasteiger partial charge in [-0.3, -0.25) is 0 Å². The van der Waals surface area contributed by atoms with E-state index >= 15 is 0 Å². The van der Waals surface area contributed by atoms with Crippen molar-refractivity contribution < 1.29 is 19.4 Å². The van der Waals surface area contributed by atoms with Gasteiger partial charge >= 0.3 is 12.1 Å². The lowest BCUT2D eigenvalue weighted by molar-refractivity contribution is -0.133. The van der Waals surface area contributed by atoms with Crippen molar-refractivity contribution in [2.45, 2.75) is 32.8 Å². The Balaban J connectivity index is 3.86. The molecule has 0 saturated heterocycles. The molecule has 0 heterocycles. The minimum Gasteiger partial charge on any atom is -0.478 e. The molecule has 5 heteroatoms. The molecule has 0 bridgehead atoms. The molecule has 2 N–H and O–H groups in total. The van der Waals surface area contributed by atoms with Gasteiger partial charge in [0.1, 0.15) is 6.10 Å². The Morgan fingerprint density at radius 3 is 2.60 bits per heavy atom. The lowest BCUT2D eigenvalue weighted by atomic mass is 10.2. The number of aliphatic carboxylic acids is 1. The SMILES string of the molecule is C=C(C(=O)O)C(C)OC(=O)NCCCC. The largest absolute Gasteiger partial charge is 0.478 e. The molecule has 0 aliphatic carbocycles. The summed E-state index contributed by atoms with van der Waals surface area (Å²) in [5.74, 6) is -1.16. The standard InChI is InChI=1S/C10H17NO4/c1-4-5-6-11-10(14)15-8(3)7(2)9(12)13/h8H,2,4-6H2,1,3H3,(H,11,14)(H,12,13). The number of amides is 1. The monoisotopic (exact) mass is 215 g/mol. The first-order valence-corrected chi connectivity index (χ1v) is 4.85. The van der Waals surface area contributed by atoms with Gasteiger partial charge in [0.05, 0.1) is 5.57 Å². The smallest absolute Gasteiger partial charge is 0.407 e. The van der Waals surface area contributed by atoms with Crippen LogP contribution in [-0.2, 0) is 9.53 Å². The van der Waals surface area contributed by atoms with E-state index in [-0.39, 0.29) is 5.57 Å². The van der Waals surface area contributed by atoms with Gasteiger partial charge in [0.15, 0.2) is 0 Å². The molecule has 86 valence electrons. The molecule has 1 atom stereocenters. The van der Waals surface area contributed by atoms with Gasteiger partial charge in [0, 0.05) is 6.54 Å². The predicted molar refractivity (Wildman–Crippen MR) is 55.6 cm³/mol. The molecule has 0 rings (SSSR count). The molecular weight excluding hydrogens is 198 g/mol. The number of carboxylic acid groups (broad SMARTS) is 1. The second kappa shape index (κ2) is 6.86. The lowest BCUT2D eigenvalue weighted by Crippen LogP contribution is -2.30. The van der Waals surface area contributed by atoms with Gasteiger partial charge in [-0.15, -0.1) is 0 Å². The van der Waals surface area contributed by atoms with Crippen LogP contribution in [0, 0.1) is 0 Å². The Morgan fingerprint density at radius 2 is 2.13 bits per heavy atom. The average molecular weight is 215 g/mol. The van der Waals surface area contributed by atoms with Crippen LogP contribution in [0.15, 0.2) is 12.2 Å². The second-order valence-corrected chi connectivity index (χ2v) is 3.16. The topological polar surface area (TPSA) is 75.6 Å². The summed E-state index contributed by atoms with van der Waals surface area (Å²) in [5.41, 5.74) is -0.138. The van der Waals surface area contributed by atoms with Gasteiger partial charge in [-0.25, -0.2) is 9.59 Å². The third-order valence-corrected chi connectivity index (χ3v) is 1.85. The van der Waals surface area contributed by atoms with Gasteiger partial charge in [0.25, 0.3) is 0 Å². The highest BCUT2D eigenvalue weighted by Crippen LogP contribution is 2.04. The Morgan fingerprint density at radius 1 is 1.53 bits per heavy atom. The summed E-state index contributed by atoms with van der Waals surface area (Å²) < 4.78 is 4.79. The summed E-state index contributed by atoms with van der Waals surface area (Å²) >= 11 is 0. The van der Waals surface area contributed by atoms with Crippen LogP contribution < -0.4 is 5.32 Å². The third-order valence-electron chi connectivity index (χ3n) is 1.85. The second-order valence-electron chi connectivity index (χ2n) is 3.16. The normalized spacial score (nSPS) is 11.6. The van der Waals surface area contributed by atoms with Crippen LogP contribution in [0.1, 0.15) is 26.7 Å². The van der Waals surface area contributed by atoms with Crippen LogP contribution in [-0.4, -0.2) is 29.8 Å². The summed E-state index contributed by atoms with van der Waals surface area (Å²) in [6, 6.07) is 0. The molecular formula is C10H17NO4. The number of carbonyl (C=O) groups is 2. The van der Waals surface area contributed by atoms with Gasteiger partial charge in [-0.05, 0) is 13.3 Å². The van der Waals surface area contributed by atoms with Crippen molar-refractivity contribution in [3.8, 4) is 0 Å². The Labute approximate surface area is 89.1 Å². The molecule has 0 aliphatic rings. The van der Waals surface area contributed by atoms with Crippen molar-refractivity contribution in [3.63, 3.8) is 0 Å². The van der Waals surface area contributed by atoms with Crippen LogP contribution in [0.5, 0.6) is 0 Å². The zero-order valence-corrected chi connectivity index (χ0v) is 9.08. The van der Waals surface area contributed by atoms with Crippen molar-refractivity contribution in [1.82, 2.24) is 5.32 Å². The number of ether oxygens (including phenoxy) is 1. The first kappa shape index (κ1) is 13.5. The Kier molecular flexibility index (Phi) is 6.17. The summed E-state index contributed by atoms with van der Waals surface area (Å²) in [6.45, 7) is 7.30. The van der Waals surface area contributed by atoms with Crippen LogP contribution in [0.3, 0.4) is 0 Å². The molecule has 0 aromatic heterocycles. The molecule has 0 aromatic rings.